The highest BCUT2D eigenvalue weighted by Crippen LogP contribution is 2.45. The second-order valence-electron chi connectivity index (χ2n) is 10.7. The van der Waals surface area contributed by atoms with E-state index in [1.807, 2.05) is 27.9 Å². The summed E-state index contributed by atoms with van der Waals surface area (Å²) in [4.78, 5) is 26.7. The number of rotatable bonds is 16. The average molecular weight is 505 g/mol. The number of esters is 1. The van der Waals surface area contributed by atoms with Crippen LogP contribution in [0.1, 0.15) is 103 Å². The lowest BCUT2D eigenvalue weighted by molar-refractivity contribution is -0.148. The van der Waals surface area contributed by atoms with Crippen molar-refractivity contribution in [3.8, 4) is 0 Å². The molecule has 0 saturated heterocycles. The SMILES string of the molecule is C.C.C.CC(CCC(C)C(=O)OCCC[Si](C(C)C)(C(C)C)C(C)C)C(=O)NCCCN(C)C. The topological polar surface area (TPSA) is 58.6 Å². The van der Waals surface area contributed by atoms with Gasteiger partial charge in [0.25, 0.3) is 0 Å². The minimum atomic E-state index is -1.43. The van der Waals surface area contributed by atoms with E-state index in [9.17, 15) is 9.59 Å². The lowest BCUT2D eigenvalue weighted by Gasteiger charge is -2.43. The van der Waals surface area contributed by atoms with E-state index in [-0.39, 0.29) is 46.0 Å². The molecule has 0 aromatic rings. The second-order valence-corrected chi connectivity index (χ2v) is 16.9. The van der Waals surface area contributed by atoms with Crippen LogP contribution in [0.15, 0.2) is 0 Å². The summed E-state index contributed by atoms with van der Waals surface area (Å²) in [5.74, 6) is -0.281. The number of amides is 1. The molecular weight excluding hydrogens is 440 g/mol. The van der Waals surface area contributed by atoms with Crippen LogP contribution < -0.4 is 5.32 Å². The molecule has 0 aliphatic rings. The monoisotopic (exact) mass is 504 g/mol. The molecule has 0 fully saturated rings. The molecule has 0 bridgehead atoms. The molecule has 0 saturated carbocycles. The molecular formula is C28H64N2O3Si. The van der Waals surface area contributed by atoms with E-state index in [4.69, 9.17) is 4.74 Å². The largest absolute Gasteiger partial charge is 0.465 e. The molecule has 0 spiro atoms. The molecule has 2 atom stereocenters. The lowest BCUT2D eigenvalue weighted by Crippen LogP contribution is -2.44. The number of nitrogens with one attached hydrogen (secondary N) is 1. The van der Waals surface area contributed by atoms with Gasteiger partial charge in [-0.05, 0) is 46.3 Å². The molecule has 1 N–H and O–H groups in total. The van der Waals surface area contributed by atoms with Gasteiger partial charge >= 0.3 is 5.97 Å². The molecule has 0 heterocycles. The zero-order chi connectivity index (χ0) is 24.2. The number of carbonyl (C=O) groups is 2. The van der Waals surface area contributed by atoms with Gasteiger partial charge in [-0.25, -0.2) is 0 Å². The first-order valence-electron chi connectivity index (χ1n) is 12.4. The molecule has 2 unspecified atom stereocenters. The summed E-state index contributed by atoms with van der Waals surface area (Å²) in [7, 11) is 2.63. The quantitative estimate of drug-likeness (QED) is 0.133. The molecule has 0 aromatic heterocycles. The maximum absolute atomic E-state index is 12.4. The van der Waals surface area contributed by atoms with Crippen LogP contribution in [0.5, 0.6) is 0 Å². The summed E-state index contributed by atoms with van der Waals surface area (Å²) >= 11 is 0. The highest BCUT2D eigenvalue weighted by Gasteiger charge is 2.41. The van der Waals surface area contributed by atoms with Crippen LogP contribution in [0.25, 0.3) is 0 Å². The average Bonchev–Trinajstić information content (AvgIpc) is 2.67. The summed E-state index contributed by atoms with van der Waals surface area (Å²) in [5.41, 5.74) is 2.20. The predicted octanol–water partition coefficient (Wildman–Crippen LogP) is 7.63. The Morgan fingerprint density at radius 1 is 0.794 bits per heavy atom. The maximum Gasteiger partial charge on any atom is 0.308 e. The fraction of sp³-hybridized carbons (Fsp3) is 0.929. The molecule has 1 amide bonds. The van der Waals surface area contributed by atoms with Gasteiger partial charge in [0.05, 0.1) is 20.6 Å². The van der Waals surface area contributed by atoms with Gasteiger partial charge in [-0.1, -0.05) is 100 Å². The van der Waals surface area contributed by atoms with E-state index in [1.165, 1.54) is 6.04 Å². The Labute approximate surface area is 216 Å². The Balaban J connectivity index is -0.00000150. The number of hydrogen-bond donors (Lipinski definition) is 1. The van der Waals surface area contributed by atoms with Crippen LogP contribution in [-0.2, 0) is 14.3 Å². The Hall–Kier alpha value is -0.883. The van der Waals surface area contributed by atoms with E-state index in [1.54, 1.807) is 0 Å². The summed E-state index contributed by atoms with van der Waals surface area (Å²) in [5, 5.41) is 3.00. The van der Waals surface area contributed by atoms with E-state index >= 15 is 0 Å². The maximum atomic E-state index is 12.4. The van der Waals surface area contributed by atoms with Crippen molar-refractivity contribution in [1.82, 2.24) is 10.2 Å². The predicted molar refractivity (Wildman–Crippen MR) is 155 cm³/mol. The fourth-order valence-electron chi connectivity index (χ4n) is 5.09. The van der Waals surface area contributed by atoms with Crippen molar-refractivity contribution in [3.63, 3.8) is 0 Å². The van der Waals surface area contributed by atoms with E-state index < -0.39 is 8.07 Å². The molecule has 0 aliphatic heterocycles. The molecule has 5 nitrogen and oxygen atoms in total. The summed E-state index contributed by atoms with van der Waals surface area (Å²) in [6.45, 7) is 20.3. The van der Waals surface area contributed by atoms with Crippen LogP contribution in [0.2, 0.25) is 22.7 Å². The standard InChI is InChI=1S/C25H52N2O3Si.3CH4/c1-19(2)31(20(3)4,21(5)6)18-12-17-30-25(29)23(8)14-13-22(7)24(28)26-15-11-16-27(9)10;;;/h19-23H,11-18H2,1-10H3,(H,26,28);3*1H4. The first-order chi connectivity index (χ1) is 14.4. The highest BCUT2D eigenvalue weighted by molar-refractivity contribution is 6.83. The van der Waals surface area contributed by atoms with Gasteiger partial charge in [0, 0.05) is 12.5 Å². The lowest BCUT2D eigenvalue weighted by atomic mass is 9.97. The first-order valence-corrected chi connectivity index (χ1v) is 14.9. The molecule has 0 aliphatic carbocycles. The normalized spacial score (nSPS) is 13.1. The Morgan fingerprint density at radius 3 is 1.71 bits per heavy atom. The molecule has 34 heavy (non-hydrogen) atoms. The Bertz CT molecular complexity index is 500. The Morgan fingerprint density at radius 2 is 1.26 bits per heavy atom. The second kappa shape index (κ2) is 20.3. The van der Waals surface area contributed by atoms with Crippen LogP contribution in [0.4, 0.5) is 0 Å². The number of ether oxygens (including phenoxy) is 1. The summed E-state index contributed by atoms with van der Waals surface area (Å²) < 4.78 is 5.61. The van der Waals surface area contributed by atoms with Gasteiger partial charge in [0.2, 0.25) is 5.91 Å². The zero-order valence-electron chi connectivity index (χ0n) is 22.2. The third-order valence-corrected chi connectivity index (χ3v) is 14.9. The number of hydrogen-bond acceptors (Lipinski definition) is 4. The van der Waals surface area contributed by atoms with Gasteiger partial charge in [-0.2, -0.15) is 0 Å². The van der Waals surface area contributed by atoms with Gasteiger partial charge in [0.15, 0.2) is 0 Å². The Kier molecular flexibility index (Phi) is 24.1. The van der Waals surface area contributed by atoms with Gasteiger partial charge in [0.1, 0.15) is 0 Å². The smallest absolute Gasteiger partial charge is 0.308 e. The molecule has 6 heteroatoms. The van der Waals surface area contributed by atoms with Crippen LogP contribution in [0, 0.1) is 11.8 Å². The van der Waals surface area contributed by atoms with Gasteiger partial charge in [-0.3, -0.25) is 9.59 Å². The van der Waals surface area contributed by atoms with Crippen molar-refractivity contribution in [2.24, 2.45) is 11.8 Å². The highest BCUT2D eigenvalue weighted by atomic mass is 28.3. The minimum absolute atomic E-state index is 0. The van der Waals surface area contributed by atoms with Crippen molar-refractivity contribution >= 4 is 20.0 Å². The summed E-state index contributed by atoms with van der Waals surface area (Å²) in [6.07, 6.45) is 3.31. The van der Waals surface area contributed by atoms with Crippen molar-refractivity contribution in [2.75, 3.05) is 33.8 Å². The zero-order valence-corrected chi connectivity index (χ0v) is 23.2. The summed E-state index contributed by atoms with van der Waals surface area (Å²) in [6, 6.07) is 1.21. The van der Waals surface area contributed by atoms with Crippen molar-refractivity contribution in [2.45, 2.75) is 126 Å². The van der Waals surface area contributed by atoms with E-state index in [0.717, 1.165) is 36.0 Å². The first kappa shape index (κ1) is 40.3. The molecule has 0 aromatic carbocycles. The number of nitrogens with zero attached hydrogens (tertiary/aromatic N) is 1. The third kappa shape index (κ3) is 13.9. The molecule has 208 valence electrons. The molecule has 0 rings (SSSR count). The minimum Gasteiger partial charge on any atom is -0.465 e. The van der Waals surface area contributed by atoms with E-state index in [0.29, 0.717) is 26.0 Å². The third-order valence-electron chi connectivity index (χ3n) is 7.19. The van der Waals surface area contributed by atoms with Gasteiger partial charge in [-0.15, -0.1) is 0 Å². The fourth-order valence-corrected chi connectivity index (χ4v) is 11.6. The molecule has 0 radical (unpaired) electrons. The van der Waals surface area contributed by atoms with Crippen LogP contribution >= 0.6 is 0 Å². The van der Waals surface area contributed by atoms with Crippen molar-refractivity contribution in [3.05, 3.63) is 0 Å². The van der Waals surface area contributed by atoms with Crippen molar-refractivity contribution in [1.29, 1.82) is 0 Å². The van der Waals surface area contributed by atoms with Gasteiger partial charge < -0.3 is 15.0 Å². The number of carbonyl (C=O) groups excluding carboxylic acids is 2. The van der Waals surface area contributed by atoms with Crippen LogP contribution in [-0.4, -0.2) is 58.6 Å². The van der Waals surface area contributed by atoms with E-state index in [2.05, 4.69) is 51.8 Å². The van der Waals surface area contributed by atoms with Crippen molar-refractivity contribution < 1.29 is 14.3 Å². The van der Waals surface area contributed by atoms with Crippen LogP contribution in [0.3, 0.4) is 0 Å².